The van der Waals surface area contributed by atoms with Gasteiger partial charge in [0, 0.05) is 13.0 Å². The van der Waals surface area contributed by atoms with E-state index in [1.165, 1.54) is 4.90 Å². The second-order valence-corrected chi connectivity index (χ2v) is 11.0. The molecule has 8 heteroatoms. The van der Waals surface area contributed by atoms with Crippen LogP contribution in [0.2, 0.25) is 0 Å². The second kappa shape index (κ2) is 12.1. The topological polar surface area (TPSA) is 122 Å². The van der Waals surface area contributed by atoms with E-state index in [0.29, 0.717) is 12.8 Å². The first kappa shape index (κ1) is 29.7. The Morgan fingerprint density at radius 3 is 2.11 bits per heavy atom. The molecule has 37 heavy (non-hydrogen) atoms. The van der Waals surface area contributed by atoms with Crippen molar-refractivity contribution >= 4 is 17.9 Å². The third kappa shape index (κ3) is 8.51. The first-order valence-corrected chi connectivity index (χ1v) is 12.6. The SMILES string of the molecule is Cc1cc(O)cc(C)c1C[C@@H](NC(=O)OC(C)(C)C)C(=O)N(CCCc1ccccc1)C(C)(C)C(N)=O. The Balaban J connectivity index is 2.41. The number of phenols is 1. The summed E-state index contributed by atoms with van der Waals surface area (Å²) in [6.07, 6.45) is 0.726. The van der Waals surface area contributed by atoms with Crippen LogP contribution in [0.3, 0.4) is 0 Å². The third-order valence-corrected chi connectivity index (χ3v) is 6.31. The lowest BCUT2D eigenvalue weighted by Crippen LogP contribution is -2.61. The third-order valence-electron chi connectivity index (χ3n) is 6.31. The van der Waals surface area contributed by atoms with E-state index in [2.05, 4.69) is 5.32 Å². The maximum atomic E-state index is 14.0. The molecule has 2 rings (SSSR count). The lowest BCUT2D eigenvalue weighted by Gasteiger charge is -2.38. The number of ether oxygens (including phenoxy) is 1. The normalized spacial score (nSPS) is 12.5. The number of aryl methyl sites for hydroxylation is 3. The van der Waals surface area contributed by atoms with Gasteiger partial charge in [-0.3, -0.25) is 9.59 Å². The summed E-state index contributed by atoms with van der Waals surface area (Å²) in [7, 11) is 0. The number of nitrogens with zero attached hydrogens (tertiary/aromatic N) is 1. The highest BCUT2D eigenvalue weighted by Gasteiger charge is 2.40. The molecule has 0 spiro atoms. The molecule has 0 aliphatic carbocycles. The number of nitrogens with two attached hydrogens (primary N) is 1. The summed E-state index contributed by atoms with van der Waals surface area (Å²) in [5.41, 5.74) is 7.17. The number of benzene rings is 2. The van der Waals surface area contributed by atoms with Crippen molar-refractivity contribution in [3.8, 4) is 5.75 Å². The van der Waals surface area contributed by atoms with Crippen molar-refractivity contribution in [3.05, 3.63) is 64.7 Å². The number of phenolic OH excluding ortho intramolecular Hbond substituents is 1. The fraction of sp³-hybridized carbons (Fsp3) is 0.483. The molecular formula is C29H41N3O5. The van der Waals surface area contributed by atoms with Crippen LogP contribution < -0.4 is 11.1 Å². The van der Waals surface area contributed by atoms with Gasteiger partial charge in [0.05, 0.1) is 0 Å². The zero-order valence-electron chi connectivity index (χ0n) is 23.1. The lowest BCUT2D eigenvalue weighted by atomic mass is 9.93. The molecule has 0 aliphatic rings. The summed E-state index contributed by atoms with van der Waals surface area (Å²) in [6, 6.07) is 12.1. The number of hydrogen-bond acceptors (Lipinski definition) is 5. The predicted molar refractivity (Wildman–Crippen MR) is 144 cm³/mol. The highest BCUT2D eigenvalue weighted by Crippen LogP contribution is 2.24. The number of nitrogens with one attached hydrogen (secondary N) is 1. The van der Waals surface area contributed by atoms with E-state index in [1.54, 1.807) is 46.8 Å². The molecule has 3 amide bonds. The number of hydrogen-bond donors (Lipinski definition) is 3. The van der Waals surface area contributed by atoms with E-state index in [-0.39, 0.29) is 18.7 Å². The fourth-order valence-corrected chi connectivity index (χ4v) is 4.22. The van der Waals surface area contributed by atoms with Crippen LogP contribution in [0.5, 0.6) is 5.75 Å². The molecule has 0 saturated carbocycles. The van der Waals surface area contributed by atoms with Crippen LogP contribution in [0.25, 0.3) is 0 Å². The summed E-state index contributed by atoms with van der Waals surface area (Å²) in [6.45, 7) is 12.4. The highest BCUT2D eigenvalue weighted by molar-refractivity contribution is 5.93. The van der Waals surface area contributed by atoms with Crippen molar-refractivity contribution < 1.29 is 24.2 Å². The Labute approximate surface area is 220 Å². The van der Waals surface area contributed by atoms with Crippen LogP contribution in [0.1, 0.15) is 63.3 Å². The zero-order valence-corrected chi connectivity index (χ0v) is 23.1. The Morgan fingerprint density at radius 2 is 1.59 bits per heavy atom. The van der Waals surface area contributed by atoms with Gasteiger partial charge >= 0.3 is 6.09 Å². The molecule has 0 unspecified atom stereocenters. The second-order valence-electron chi connectivity index (χ2n) is 11.0. The summed E-state index contributed by atoms with van der Waals surface area (Å²) in [5.74, 6) is -0.956. The van der Waals surface area contributed by atoms with Crippen molar-refractivity contribution in [2.24, 2.45) is 5.73 Å². The zero-order chi connectivity index (χ0) is 28.0. The van der Waals surface area contributed by atoms with E-state index in [4.69, 9.17) is 10.5 Å². The molecule has 0 fully saturated rings. The van der Waals surface area contributed by atoms with Gasteiger partial charge in [0.1, 0.15) is 22.9 Å². The van der Waals surface area contributed by atoms with Crippen LogP contribution >= 0.6 is 0 Å². The van der Waals surface area contributed by atoms with Gasteiger partial charge in [0.2, 0.25) is 11.8 Å². The van der Waals surface area contributed by atoms with Gasteiger partial charge in [-0.25, -0.2) is 4.79 Å². The Bertz CT molecular complexity index is 1080. The van der Waals surface area contributed by atoms with Crippen LogP contribution in [0.4, 0.5) is 4.79 Å². The largest absolute Gasteiger partial charge is 0.508 e. The van der Waals surface area contributed by atoms with Gasteiger partial charge in [-0.1, -0.05) is 30.3 Å². The molecule has 8 nitrogen and oxygen atoms in total. The molecule has 0 heterocycles. The van der Waals surface area contributed by atoms with Gasteiger partial charge in [0.15, 0.2) is 0 Å². The van der Waals surface area contributed by atoms with Crippen molar-refractivity contribution in [2.45, 2.75) is 84.9 Å². The standard InChI is InChI=1S/C29H41N3O5/c1-19-16-22(33)17-20(2)23(19)18-24(31-27(36)37-28(3,4)5)25(34)32(29(6,7)26(30)35)15-11-14-21-12-9-8-10-13-21/h8-10,12-13,16-17,24,33H,11,14-15,18H2,1-7H3,(H2,30,35)(H,31,36)/t24-/m1/s1. The van der Waals surface area contributed by atoms with Crippen molar-refractivity contribution in [1.29, 1.82) is 0 Å². The summed E-state index contributed by atoms with van der Waals surface area (Å²) in [4.78, 5) is 40.7. The average molecular weight is 512 g/mol. The van der Waals surface area contributed by atoms with E-state index in [9.17, 15) is 19.5 Å². The van der Waals surface area contributed by atoms with Gasteiger partial charge < -0.3 is 25.8 Å². The highest BCUT2D eigenvalue weighted by atomic mass is 16.6. The molecule has 4 N–H and O–H groups in total. The molecule has 2 aromatic carbocycles. The van der Waals surface area contributed by atoms with Gasteiger partial charge in [-0.2, -0.15) is 0 Å². The number of carbonyl (C=O) groups is 3. The van der Waals surface area contributed by atoms with E-state index < -0.39 is 35.1 Å². The van der Waals surface area contributed by atoms with Gasteiger partial charge in [-0.05, 0) is 95.7 Å². The molecule has 0 aromatic heterocycles. The number of amides is 3. The van der Waals surface area contributed by atoms with Crippen LogP contribution in [-0.4, -0.2) is 51.6 Å². The van der Waals surface area contributed by atoms with Crippen LogP contribution in [0, 0.1) is 13.8 Å². The molecule has 0 aliphatic heterocycles. The maximum absolute atomic E-state index is 14.0. The first-order chi connectivity index (χ1) is 17.1. The Kier molecular flexibility index (Phi) is 9.73. The van der Waals surface area contributed by atoms with Gasteiger partial charge in [-0.15, -0.1) is 0 Å². The molecule has 0 bridgehead atoms. The maximum Gasteiger partial charge on any atom is 0.408 e. The molecule has 202 valence electrons. The van der Waals surface area contributed by atoms with Crippen molar-refractivity contribution in [1.82, 2.24) is 10.2 Å². The minimum absolute atomic E-state index is 0.124. The molecular weight excluding hydrogens is 470 g/mol. The number of primary amides is 1. The minimum atomic E-state index is -1.29. The number of carbonyl (C=O) groups excluding carboxylic acids is 3. The van der Waals surface area contributed by atoms with Crippen LogP contribution in [0.15, 0.2) is 42.5 Å². The lowest BCUT2D eigenvalue weighted by molar-refractivity contribution is -0.146. The van der Waals surface area contributed by atoms with E-state index in [0.717, 1.165) is 22.3 Å². The number of aromatic hydroxyl groups is 1. The molecule has 1 atom stereocenters. The number of alkyl carbamates (subject to hydrolysis) is 1. The van der Waals surface area contributed by atoms with Crippen LogP contribution in [-0.2, 0) is 27.2 Å². The molecule has 0 radical (unpaired) electrons. The summed E-state index contributed by atoms with van der Waals surface area (Å²) < 4.78 is 5.44. The van der Waals surface area contributed by atoms with Crippen molar-refractivity contribution in [3.63, 3.8) is 0 Å². The quantitative estimate of drug-likeness (QED) is 0.442. The van der Waals surface area contributed by atoms with E-state index >= 15 is 0 Å². The Morgan fingerprint density at radius 1 is 1.03 bits per heavy atom. The minimum Gasteiger partial charge on any atom is -0.508 e. The average Bonchev–Trinajstić information content (AvgIpc) is 2.77. The van der Waals surface area contributed by atoms with Crippen molar-refractivity contribution in [2.75, 3.05) is 6.54 Å². The van der Waals surface area contributed by atoms with Gasteiger partial charge in [0.25, 0.3) is 0 Å². The monoisotopic (exact) mass is 511 g/mol. The predicted octanol–water partition coefficient (Wildman–Crippen LogP) is 4.17. The molecule has 0 saturated heterocycles. The smallest absolute Gasteiger partial charge is 0.408 e. The summed E-state index contributed by atoms with van der Waals surface area (Å²) >= 11 is 0. The van der Waals surface area contributed by atoms with E-state index in [1.807, 2.05) is 44.2 Å². The molecule has 2 aromatic rings. The Hall–Kier alpha value is -3.55. The first-order valence-electron chi connectivity index (χ1n) is 12.6. The number of rotatable bonds is 10. The summed E-state index contributed by atoms with van der Waals surface area (Å²) in [5, 5.41) is 12.7. The fourth-order valence-electron chi connectivity index (χ4n) is 4.22.